The number of alkyl halides is 2. The third kappa shape index (κ3) is 3.78. The van der Waals surface area contributed by atoms with E-state index in [0.29, 0.717) is 5.56 Å². The number of nitrogens with one attached hydrogen (secondary N) is 1. The molecule has 92 valence electrons. The average molecular weight is 241 g/mol. The predicted octanol–water partition coefficient (Wildman–Crippen LogP) is 3.04. The third-order valence-electron chi connectivity index (χ3n) is 2.45. The van der Waals surface area contributed by atoms with Crippen LogP contribution >= 0.6 is 0 Å². The van der Waals surface area contributed by atoms with E-state index in [1.165, 1.54) is 12.1 Å². The van der Waals surface area contributed by atoms with Crippen LogP contribution in [0.25, 0.3) is 0 Å². The Morgan fingerprint density at radius 3 is 2.82 bits per heavy atom. The molecule has 2 rings (SSSR count). The highest BCUT2D eigenvalue weighted by molar-refractivity contribution is 5.77. The SMILES string of the molecule is N=Cc1cccc(OC(F)(F)OCC2CC2)c1. The zero-order valence-corrected chi connectivity index (χ0v) is 9.16. The molecule has 0 aromatic heterocycles. The second-order valence-corrected chi connectivity index (χ2v) is 4.04. The zero-order chi connectivity index (χ0) is 12.3. The van der Waals surface area contributed by atoms with E-state index in [0.717, 1.165) is 19.1 Å². The highest BCUT2D eigenvalue weighted by Gasteiger charge is 2.36. The van der Waals surface area contributed by atoms with E-state index in [1.807, 2.05) is 0 Å². The predicted molar refractivity (Wildman–Crippen MR) is 58.6 cm³/mol. The van der Waals surface area contributed by atoms with Crippen molar-refractivity contribution >= 4 is 6.21 Å². The Bertz CT molecular complexity index is 405. The van der Waals surface area contributed by atoms with Crippen molar-refractivity contribution in [3.8, 4) is 5.75 Å². The quantitative estimate of drug-likeness (QED) is 0.614. The van der Waals surface area contributed by atoms with Gasteiger partial charge in [-0.15, -0.1) is 8.78 Å². The maximum Gasteiger partial charge on any atom is 0.535 e. The molecule has 0 amide bonds. The summed E-state index contributed by atoms with van der Waals surface area (Å²) in [7, 11) is 0. The average Bonchev–Trinajstić information content (AvgIpc) is 3.10. The van der Waals surface area contributed by atoms with Crippen LogP contribution in [-0.4, -0.2) is 19.1 Å². The van der Waals surface area contributed by atoms with Crippen molar-refractivity contribution in [3.05, 3.63) is 29.8 Å². The number of benzene rings is 1. The Morgan fingerprint density at radius 2 is 2.18 bits per heavy atom. The fourth-order valence-electron chi connectivity index (χ4n) is 1.33. The Balaban J connectivity index is 1.94. The molecule has 0 aliphatic heterocycles. The van der Waals surface area contributed by atoms with Crippen LogP contribution in [0.2, 0.25) is 0 Å². The lowest BCUT2D eigenvalue weighted by atomic mass is 10.2. The summed E-state index contributed by atoms with van der Waals surface area (Å²) >= 11 is 0. The summed E-state index contributed by atoms with van der Waals surface area (Å²) in [6, 6.07) is 5.94. The molecule has 1 saturated carbocycles. The van der Waals surface area contributed by atoms with Crippen LogP contribution in [0.4, 0.5) is 8.78 Å². The lowest BCUT2D eigenvalue weighted by molar-refractivity contribution is -0.354. The van der Waals surface area contributed by atoms with Crippen LogP contribution in [0, 0.1) is 11.3 Å². The van der Waals surface area contributed by atoms with Crippen LogP contribution in [0.3, 0.4) is 0 Å². The third-order valence-corrected chi connectivity index (χ3v) is 2.45. The first kappa shape index (κ1) is 12.0. The first-order valence-electron chi connectivity index (χ1n) is 5.40. The minimum absolute atomic E-state index is 0.00760. The topological polar surface area (TPSA) is 42.3 Å². The highest BCUT2D eigenvalue weighted by atomic mass is 19.3. The van der Waals surface area contributed by atoms with Gasteiger partial charge in [0.1, 0.15) is 5.75 Å². The second kappa shape index (κ2) is 4.79. The van der Waals surface area contributed by atoms with E-state index in [1.54, 1.807) is 12.1 Å². The lowest BCUT2D eigenvalue weighted by Crippen LogP contribution is -2.29. The molecule has 0 unspecified atom stereocenters. The molecule has 1 aliphatic rings. The molecule has 0 atom stereocenters. The minimum atomic E-state index is -3.61. The lowest BCUT2D eigenvalue weighted by Gasteiger charge is -2.17. The van der Waals surface area contributed by atoms with Gasteiger partial charge in [-0.05, 0) is 36.5 Å². The standard InChI is InChI=1S/C12H13F2NO2/c13-12(14,16-8-9-4-5-9)17-11-3-1-2-10(6-11)7-15/h1-3,6-7,9,15H,4-5,8H2. The summed E-state index contributed by atoms with van der Waals surface area (Å²) in [5, 5.41) is 7.02. The summed E-state index contributed by atoms with van der Waals surface area (Å²) < 4.78 is 35.3. The molecular formula is C12H13F2NO2. The molecule has 5 heteroatoms. The summed E-state index contributed by atoms with van der Waals surface area (Å²) in [5.74, 6) is 0.240. The van der Waals surface area contributed by atoms with Gasteiger partial charge in [0.15, 0.2) is 0 Å². The van der Waals surface area contributed by atoms with Crippen molar-refractivity contribution in [1.29, 1.82) is 5.41 Å². The summed E-state index contributed by atoms with van der Waals surface area (Å²) in [6.07, 6.45) is -0.655. The molecule has 0 bridgehead atoms. The van der Waals surface area contributed by atoms with Crippen LogP contribution in [0.1, 0.15) is 18.4 Å². The van der Waals surface area contributed by atoms with Gasteiger partial charge < -0.3 is 10.1 Å². The molecule has 1 N–H and O–H groups in total. The van der Waals surface area contributed by atoms with Crippen molar-refractivity contribution in [2.45, 2.75) is 19.1 Å². The van der Waals surface area contributed by atoms with E-state index < -0.39 is 6.29 Å². The Labute approximate surface area is 97.9 Å². The molecule has 1 aliphatic carbocycles. The van der Waals surface area contributed by atoms with Gasteiger partial charge in [-0.2, -0.15) is 0 Å². The number of rotatable bonds is 6. The molecule has 0 radical (unpaired) electrons. The van der Waals surface area contributed by atoms with Gasteiger partial charge in [-0.1, -0.05) is 12.1 Å². The van der Waals surface area contributed by atoms with Gasteiger partial charge >= 0.3 is 6.29 Å². The van der Waals surface area contributed by atoms with Crippen LogP contribution < -0.4 is 4.74 Å². The van der Waals surface area contributed by atoms with Crippen molar-refractivity contribution in [2.75, 3.05) is 6.61 Å². The van der Waals surface area contributed by atoms with Crippen molar-refractivity contribution in [3.63, 3.8) is 0 Å². The van der Waals surface area contributed by atoms with Crippen LogP contribution in [-0.2, 0) is 4.74 Å². The second-order valence-electron chi connectivity index (χ2n) is 4.04. The number of ether oxygens (including phenoxy) is 2. The van der Waals surface area contributed by atoms with Gasteiger partial charge in [0, 0.05) is 6.21 Å². The van der Waals surface area contributed by atoms with E-state index in [2.05, 4.69) is 9.47 Å². The zero-order valence-electron chi connectivity index (χ0n) is 9.16. The first-order valence-corrected chi connectivity index (χ1v) is 5.40. The number of hydrogen-bond donors (Lipinski definition) is 1. The van der Waals surface area contributed by atoms with Crippen LogP contribution in [0.5, 0.6) is 5.75 Å². The molecule has 1 fully saturated rings. The first-order chi connectivity index (χ1) is 8.09. The van der Waals surface area contributed by atoms with E-state index in [-0.39, 0.29) is 18.3 Å². The van der Waals surface area contributed by atoms with Gasteiger partial charge in [-0.3, -0.25) is 4.74 Å². The largest absolute Gasteiger partial charge is 0.535 e. The molecule has 3 nitrogen and oxygen atoms in total. The van der Waals surface area contributed by atoms with Gasteiger partial charge in [-0.25, -0.2) is 0 Å². The van der Waals surface area contributed by atoms with E-state index in [4.69, 9.17) is 5.41 Å². The van der Waals surface area contributed by atoms with Crippen molar-refractivity contribution in [2.24, 2.45) is 5.92 Å². The molecular weight excluding hydrogens is 228 g/mol. The maximum absolute atomic E-state index is 13.2. The molecule has 1 aromatic carbocycles. The highest BCUT2D eigenvalue weighted by Crippen LogP contribution is 2.32. The molecule has 1 aromatic rings. The van der Waals surface area contributed by atoms with E-state index >= 15 is 0 Å². The number of halogens is 2. The fourth-order valence-corrected chi connectivity index (χ4v) is 1.33. The normalized spacial score (nSPS) is 15.6. The smallest absolute Gasteiger partial charge is 0.409 e. The van der Waals surface area contributed by atoms with Gasteiger partial charge in [0.2, 0.25) is 0 Å². The molecule has 0 spiro atoms. The summed E-state index contributed by atoms with van der Waals surface area (Å²) in [4.78, 5) is 0. The summed E-state index contributed by atoms with van der Waals surface area (Å²) in [5.41, 5.74) is 0.500. The number of hydrogen-bond acceptors (Lipinski definition) is 3. The van der Waals surface area contributed by atoms with E-state index in [9.17, 15) is 8.78 Å². The van der Waals surface area contributed by atoms with Crippen molar-refractivity contribution < 1.29 is 18.3 Å². The minimum Gasteiger partial charge on any atom is -0.409 e. The Kier molecular flexibility index (Phi) is 3.38. The maximum atomic E-state index is 13.2. The molecule has 0 saturated heterocycles. The van der Waals surface area contributed by atoms with Crippen LogP contribution in [0.15, 0.2) is 24.3 Å². The Hall–Kier alpha value is -1.49. The van der Waals surface area contributed by atoms with Gasteiger partial charge in [0.25, 0.3) is 0 Å². The molecule has 17 heavy (non-hydrogen) atoms. The summed E-state index contributed by atoms with van der Waals surface area (Å²) in [6.45, 7) is 0.0251. The van der Waals surface area contributed by atoms with Gasteiger partial charge in [0.05, 0.1) is 6.61 Å². The molecule has 0 heterocycles. The van der Waals surface area contributed by atoms with Crippen molar-refractivity contribution in [1.82, 2.24) is 0 Å². The fraction of sp³-hybridized carbons (Fsp3) is 0.417. The Morgan fingerprint density at radius 1 is 1.41 bits per heavy atom. The monoisotopic (exact) mass is 241 g/mol.